The number of ether oxygens (including phenoxy) is 1. The Balaban J connectivity index is 2.01. The molecule has 3 heteroatoms. The van der Waals surface area contributed by atoms with Gasteiger partial charge < -0.3 is 4.74 Å². The van der Waals surface area contributed by atoms with Gasteiger partial charge in [-0.2, -0.15) is 0 Å². The van der Waals surface area contributed by atoms with Crippen LogP contribution in [0.5, 0.6) is 0 Å². The van der Waals surface area contributed by atoms with Gasteiger partial charge in [-0.3, -0.25) is 4.90 Å². The summed E-state index contributed by atoms with van der Waals surface area (Å²) in [6.45, 7) is 8.77. The molecule has 0 bridgehead atoms. The van der Waals surface area contributed by atoms with Crippen LogP contribution in [0.3, 0.4) is 0 Å². The van der Waals surface area contributed by atoms with Crippen molar-refractivity contribution in [1.82, 2.24) is 4.90 Å². The lowest BCUT2D eigenvalue weighted by atomic mass is 10.4. The molecule has 11 heavy (non-hydrogen) atoms. The Hall–Kier alpha value is -0.830. The SMILES string of the molecule is C=C(C)C(=O)OCCN1CC1. The molecule has 62 valence electrons. The van der Waals surface area contributed by atoms with Gasteiger partial charge in [0.1, 0.15) is 6.61 Å². The lowest BCUT2D eigenvalue weighted by Gasteiger charge is -2.03. The molecular formula is C8H13NO2. The summed E-state index contributed by atoms with van der Waals surface area (Å²) in [4.78, 5) is 13.0. The Morgan fingerprint density at radius 3 is 2.73 bits per heavy atom. The van der Waals surface area contributed by atoms with Crippen molar-refractivity contribution in [3.05, 3.63) is 12.2 Å². The maximum Gasteiger partial charge on any atom is 0.333 e. The van der Waals surface area contributed by atoms with E-state index in [1.807, 2.05) is 0 Å². The van der Waals surface area contributed by atoms with Crippen molar-refractivity contribution in [2.45, 2.75) is 6.92 Å². The molecule has 1 saturated heterocycles. The lowest BCUT2D eigenvalue weighted by molar-refractivity contribution is -0.139. The summed E-state index contributed by atoms with van der Waals surface area (Å²) in [6, 6.07) is 0. The van der Waals surface area contributed by atoms with Crippen molar-refractivity contribution in [2.75, 3.05) is 26.2 Å². The molecule has 0 aromatic carbocycles. The molecule has 0 amide bonds. The topological polar surface area (TPSA) is 29.3 Å². The molecular weight excluding hydrogens is 142 g/mol. The van der Waals surface area contributed by atoms with Gasteiger partial charge in [0.15, 0.2) is 0 Å². The van der Waals surface area contributed by atoms with Gasteiger partial charge in [0.25, 0.3) is 0 Å². The molecule has 0 radical (unpaired) electrons. The first-order chi connectivity index (χ1) is 5.20. The van der Waals surface area contributed by atoms with Gasteiger partial charge in [0, 0.05) is 25.2 Å². The van der Waals surface area contributed by atoms with Gasteiger partial charge in [0.2, 0.25) is 0 Å². The van der Waals surface area contributed by atoms with Gasteiger partial charge in [-0.05, 0) is 6.92 Å². The number of carbonyl (C=O) groups is 1. The van der Waals surface area contributed by atoms with Crippen molar-refractivity contribution in [3.8, 4) is 0 Å². The summed E-state index contributed by atoms with van der Waals surface area (Å²) in [5.74, 6) is -0.285. The minimum Gasteiger partial charge on any atom is -0.461 e. The first kappa shape index (κ1) is 8.27. The highest BCUT2D eigenvalue weighted by Crippen LogP contribution is 2.01. The van der Waals surface area contributed by atoms with Gasteiger partial charge in [-0.1, -0.05) is 6.58 Å². The molecule has 0 aliphatic carbocycles. The zero-order chi connectivity index (χ0) is 8.27. The fourth-order valence-electron chi connectivity index (χ4n) is 0.685. The molecule has 0 spiro atoms. The van der Waals surface area contributed by atoms with Crippen LogP contribution in [0.25, 0.3) is 0 Å². The van der Waals surface area contributed by atoms with E-state index in [0.717, 1.165) is 19.6 Å². The number of esters is 1. The normalized spacial score (nSPS) is 16.1. The second-order valence-corrected chi connectivity index (χ2v) is 2.76. The number of rotatable bonds is 4. The van der Waals surface area contributed by atoms with E-state index in [4.69, 9.17) is 4.74 Å². The minimum absolute atomic E-state index is 0.285. The Morgan fingerprint density at radius 2 is 2.27 bits per heavy atom. The molecule has 0 aromatic rings. The molecule has 3 nitrogen and oxygen atoms in total. The highest BCUT2D eigenvalue weighted by Gasteiger charge is 2.16. The molecule has 1 rings (SSSR count). The third kappa shape index (κ3) is 3.18. The highest BCUT2D eigenvalue weighted by atomic mass is 16.5. The maximum atomic E-state index is 10.8. The second-order valence-electron chi connectivity index (χ2n) is 2.76. The summed E-state index contributed by atoms with van der Waals surface area (Å²) in [5.41, 5.74) is 0.468. The molecule has 0 unspecified atom stereocenters. The van der Waals surface area contributed by atoms with Crippen LogP contribution in [0.2, 0.25) is 0 Å². The summed E-state index contributed by atoms with van der Waals surface area (Å²) in [7, 11) is 0. The average molecular weight is 155 g/mol. The third-order valence-corrected chi connectivity index (χ3v) is 1.53. The second kappa shape index (κ2) is 3.53. The van der Waals surface area contributed by atoms with Crippen LogP contribution in [-0.4, -0.2) is 37.1 Å². The van der Waals surface area contributed by atoms with E-state index in [-0.39, 0.29) is 5.97 Å². The maximum absolute atomic E-state index is 10.8. The summed E-state index contributed by atoms with van der Waals surface area (Å²) >= 11 is 0. The highest BCUT2D eigenvalue weighted by molar-refractivity contribution is 5.86. The van der Waals surface area contributed by atoms with Crippen LogP contribution in [0.15, 0.2) is 12.2 Å². The van der Waals surface area contributed by atoms with E-state index in [9.17, 15) is 4.79 Å². The number of hydrogen-bond acceptors (Lipinski definition) is 3. The van der Waals surface area contributed by atoms with Gasteiger partial charge >= 0.3 is 5.97 Å². The largest absolute Gasteiger partial charge is 0.461 e. The molecule has 1 aliphatic heterocycles. The minimum atomic E-state index is -0.285. The van der Waals surface area contributed by atoms with Crippen molar-refractivity contribution < 1.29 is 9.53 Å². The van der Waals surface area contributed by atoms with Crippen LogP contribution in [0.1, 0.15) is 6.92 Å². The first-order valence-corrected chi connectivity index (χ1v) is 3.75. The van der Waals surface area contributed by atoms with Gasteiger partial charge in [-0.15, -0.1) is 0 Å². The number of hydrogen-bond donors (Lipinski definition) is 0. The Kier molecular flexibility index (Phi) is 2.65. The van der Waals surface area contributed by atoms with E-state index in [2.05, 4.69) is 11.5 Å². The van der Waals surface area contributed by atoms with Gasteiger partial charge in [-0.25, -0.2) is 4.79 Å². The van der Waals surface area contributed by atoms with Crippen molar-refractivity contribution in [1.29, 1.82) is 0 Å². The van der Waals surface area contributed by atoms with Crippen molar-refractivity contribution in [3.63, 3.8) is 0 Å². The Morgan fingerprint density at radius 1 is 1.64 bits per heavy atom. The zero-order valence-electron chi connectivity index (χ0n) is 6.80. The molecule has 0 N–H and O–H groups in total. The first-order valence-electron chi connectivity index (χ1n) is 3.75. The molecule has 0 saturated carbocycles. The van der Waals surface area contributed by atoms with Crippen LogP contribution in [0, 0.1) is 0 Å². The fraction of sp³-hybridized carbons (Fsp3) is 0.625. The van der Waals surface area contributed by atoms with E-state index >= 15 is 0 Å². The van der Waals surface area contributed by atoms with E-state index in [0.29, 0.717) is 12.2 Å². The standard InChI is InChI=1S/C8H13NO2/c1-7(2)8(10)11-6-5-9-3-4-9/h1,3-6H2,2H3. The predicted octanol–water partition coefficient (Wildman–Crippen LogP) is 0.421. The third-order valence-electron chi connectivity index (χ3n) is 1.53. The van der Waals surface area contributed by atoms with Crippen LogP contribution < -0.4 is 0 Å². The van der Waals surface area contributed by atoms with Crippen molar-refractivity contribution in [2.24, 2.45) is 0 Å². The molecule has 1 fully saturated rings. The van der Waals surface area contributed by atoms with Crippen LogP contribution in [-0.2, 0) is 9.53 Å². The Labute approximate surface area is 66.6 Å². The number of carbonyl (C=O) groups excluding carboxylic acids is 1. The van der Waals surface area contributed by atoms with Crippen LogP contribution in [0.4, 0.5) is 0 Å². The summed E-state index contributed by atoms with van der Waals surface area (Å²) < 4.78 is 4.87. The molecule has 1 heterocycles. The summed E-state index contributed by atoms with van der Waals surface area (Å²) in [5, 5.41) is 0. The smallest absolute Gasteiger partial charge is 0.333 e. The summed E-state index contributed by atoms with van der Waals surface area (Å²) in [6.07, 6.45) is 0. The molecule has 0 aromatic heterocycles. The lowest BCUT2D eigenvalue weighted by Crippen LogP contribution is -2.13. The van der Waals surface area contributed by atoms with Gasteiger partial charge in [0.05, 0.1) is 0 Å². The van der Waals surface area contributed by atoms with Crippen molar-refractivity contribution >= 4 is 5.97 Å². The number of nitrogens with zero attached hydrogens (tertiary/aromatic N) is 1. The van der Waals surface area contributed by atoms with E-state index in [1.165, 1.54) is 0 Å². The Bertz CT molecular complexity index is 173. The fourth-order valence-corrected chi connectivity index (χ4v) is 0.685. The quantitative estimate of drug-likeness (QED) is 0.335. The van der Waals surface area contributed by atoms with E-state index < -0.39 is 0 Å². The predicted molar refractivity (Wildman–Crippen MR) is 42.2 cm³/mol. The average Bonchev–Trinajstić information content (AvgIpc) is 2.71. The molecule has 0 atom stereocenters. The monoisotopic (exact) mass is 155 g/mol. The molecule has 1 aliphatic rings. The van der Waals surface area contributed by atoms with Crippen LogP contribution >= 0.6 is 0 Å². The van der Waals surface area contributed by atoms with E-state index in [1.54, 1.807) is 6.92 Å². The zero-order valence-corrected chi connectivity index (χ0v) is 6.80.